The van der Waals surface area contributed by atoms with Crippen molar-refractivity contribution in [3.63, 3.8) is 0 Å². The summed E-state index contributed by atoms with van der Waals surface area (Å²) in [6.07, 6.45) is 0. The topological polar surface area (TPSA) is 52.6 Å². The fraction of sp³-hybridized carbons (Fsp3) is 0.185. The lowest BCUT2D eigenvalue weighted by molar-refractivity contribution is 0.0986. The molecule has 4 nitrogen and oxygen atoms in total. The van der Waals surface area contributed by atoms with Gasteiger partial charge in [0.15, 0.2) is 0 Å². The van der Waals surface area contributed by atoms with Crippen molar-refractivity contribution in [1.82, 2.24) is 0 Å². The zero-order valence-corrected chi connectivity index (χ0v) is 24.0. The number of carbonyl (C=O) groups is 2. The van der Waals surface area contributed by atoms with Crippen LogP contribution in [0.3, 0.4) is 0 Å². The van der Waals surface area contributed by atoms with Crippen LogP contribution in [-0.4, -0.2) is 25.8 Å². The molecule has 0 radical (unpaired) electrons. The maximum atomic E-state index is 13.5. The summed E-state index contributed by atoms with van der Waals surface area (Å²) in [6.45, 7) is 6.04. The van der Waals surface area contributed by atoms with Crippen LogP contribution in [0.1, 0.15) is 45.8 Å². The van der Waals surface area contributed by atoms with Crippen molar-refractivity contribution in [3.05, 3.63) is 53.7 Å². The van der Waals surface area contributed by atoms with E-state index in [1.54, 1.807) is 48.2 Å². The zero-order valence-electron chi connectivity index (χ0n) is 19.9. The molecule has 0 fully saturated rings. The first-order valence-electron chi connectivity index (χ1n) is 11.1. The van der Waals surface area contributed by atoms with Crippen molar-refractivity contribution >= 4 is 98.5 Å². The molecule has 5 heterocycles. The third kappa shape index (κ3) is 2.78. The molecule has 0 aliphatic heterocycles. The van der Waals surface area contributed by atoms with Crippen molar-refractivity contribution in [2.24, 2.45) is 0 Å². The second-order valence-corrected chi connectivity index (χ2v) is 14.2. The summed E-state index contributed by atoms with van der Waals surface area (Å²) in [4.78, 5) is 32.5. The summed E-state index contributed by atoms with van der Waals surface area (Å²) in [5.41, 5.74) is 2.04. The van der Waals surface area contributed by atoms with E-state index in [-0.39, 0.29) is 11.6 Å². The summed E-state index contributed by atoms with van der Waals surface area (Å²) >= 11 is 7.89. The molecule has 1 aromatic carbocycles. The first-order valence-corrected chi connectivity index (χ1v) is 15.3. The molecule has 36 heavy (non-hydrogen) atoms. The number of aryl methyl sites for hydroxylation is 3. The quantitative estimate of drug-likeness (QED) is 0.214. The van der Waals surface area contributed by atoms with Crippen LogP contribution < -0.4 is 9.47 Å². The molecule has 5 aromatic heterocycles. The Balaban J connectivity index is 1.51. The van der Waals surface area contributed by atoms with Crippen LogP contribution in [0, 0.1) is 20.8 Å². The molecule has 180 valence electrons. The third-order valence-corrected chi connectivity index (χ3v) is 12.6. The average Bonchev–Trinajstić information content (AvgIpc) is 3.64. The molecule has 0 N–H and O–H groups in total. The predicted molar refractivity (Wildman–Crippen MR) is 154 cm³/mol. The Morgan fingerprint density at radius 3 is 2.08 bits per heavy atom. The Bertz CT molecular complexity index is 1880. The van der Waals surface area contributed by atoms with Gasteiger partial charge in [-0.05, 0) is 43.8 Å². The minimum absolute atomic E-state index is 0.0216. The number of methoxy groups -OCH3 is 2. The summed E-state index contributed by atoms with van der Waals surface area (Å²) < 4.78 is 15.0. The lowest BCUT2D eigenvalue weighted by Crippen LogP contribution is -2.17. The van der Waals surface area contributed by atoms with E-state index < -0.39 is 0 Å². The van der Waals surface area contributed by atoms with Crippen LogP contribution in [0.2, 0.25) is 0 Å². The molecular formula is C27H18O4S5. The van der Waals surface area contributed by atoms with Gasteiger partial charge in [0.1, 0.15) is 11.5 Å². The van der Waals surface area contributed by atoms with Gasteiger partial charge >= 0.3 is 0 Å². The standard InChI is InChI=1S/C27H18O4S5/c1-9-8-32-25-15(9)18(28)26-17(19(25)29)16-11(3)34-24(27(16)36-26)14-7-13-21(31-5)22-12(6-10(2)33-22)20(30-4)23(13)35-14/h6-8H,1-5H3. The van der Waals surface area contributed by atoms with E-state index in [1.807, 2.05) is 19.2 Å². The number of carbonyl (C=O) groups excluding carboxylic acids is 2. The van der Waals surface area contributed by atoms with Gasteiger partial charge < -0.3 is 9.47 Å². The van der Waals surface area contributed by atoms with Gasteiger partial charge in [-0.3, -0.25) is 9.59 Å². The van der Waals surface area contributed by atoms with Crippen molar-refractivity contribution in [2.75, 3.05) is 14.2 Å². The number of ketones is 2. The second-order valence-electron chi connectivity index (χ2n) is 8.80. The van der Waals surface area contributed by atoms with E-state index >= 15 is 0 Å². The Morgan fingerprint density at radius 1 is 0.694 bits per heavy atom. The van der Waals surface area contributed by atoms with Gasteiger partial charge in [0.2, 0.25) is 11.6 Å². The van der Waals surface area contributed by atoms with Crippen molar-refractivity contribution < 1.29 is 19.1 Å². The molecule has 9 heteroatoms. The number of hydrogen-bond donors (Lipinski definition) is 0. The Labute approximate surface area is 226 Å². The molecule has 0 unspecified atom stereocenters. The first kappa shape index (κ1) is 22.6. The maximum absolute atomic E-state index is 13.5. The van der Waals surface area contributed by atoms with Crippen molar-refractivity contribution in [1.29, 1.82) is 0 Å². The fourth-order valence-corrected chi connectivity index (χ4v) is 11.2. The lowest BCUT2D eigenvalue weighted by Gasteiger charge is -2.11. The number of ether oxygens (including phenoxy) is 2. The largest absolute Gasteiger partial charge is 0.495 e. The number of rotatable bonds is 3. The summed E-state index contributed by atoms with van der Waals surface area (Å²) in [5, 5.41) is 4.92. The van der Waals surface area contributed by atoms with Crippen LogP contribution in [0.15, 0.2) is 17.5 Å². The summed E-state index contributed by atoms with van der Waals surface area (Å²) in [5.74, 6) is 1.68. The first-order chi connectivity index (χ1) is 17.3. The molecular weight excluding hydrogens is 549 g/mol. The van der Waals surface area contributed by atoms with Gasteiger partial charge in [-0.1, -0.05) is 0 Å². The van der Waals surface area contributed by atoms with Gasteiger partial charge in [-0.15, -0.1) is 56.7 Å². The number of benzene rings is 1. The summed E-state index contributed by atoms with van der Waals surface area (Å²) in [7, 11) is 3.43. The van der Waals surface area contributed by atoms with Crippen molar-refractivity contribution in [3.8, 4) is 21.3 Å². The van der Waals surface area contributed by atoms with Gasteiger partial charge in [0.25, 0.3) is 0 Å². The van der Waals surface area contributed by atoms with Gasteiger partial charge in [-0.2, -0.15) is 0 Å². The molecule has 7 rings (SSSR count). The van der Waals surface area contributed by atoms with Gasteiger partial charge in [-0.25, -0.2) is 0 Å². The third-order valence-electron chi connectivity index (χ3n) is 6.68. The lowest BCUT2D eigenvalue weighted by atomic mass is 9.91. The molecule has 0 saturated carbocycles. The van der Waals surface area contributed by atoms with Crippen LogP contribution in [0.5, 0.6) is 11.5 Å². The maximum Gasteiger partial charge on any atom is 0.205 e. The normalized spacial score (nSPS) is 13.2. The molecule has 0 atom stereocenters. The van der Waals surface area contributed by atoms with Crippen LogP contribution >= 0.6 is 56.7 Å². The highest BCUT2D eigenvalue weighted by atomic mass is 32.1. The number of thiophene rings is 5. The van der Waals surface area contributed by atoms with E-state index in [2.05, 4.69) is 19.1 Å². The molecule has 0 saturated heterocycles. The Kier molecular flexibility index (Phi) is 4.85. The van der Waals surface area contributed by atoms with Crippen molar-refractivity contribution in [2.45, 2.75) is 20.8 Å². The SMILES string of the molecule is COc1c2cc(-c3sc(C)c4c5c(sc34)C(=O)c3c(C)csc3C5=O)sc2c(OC)c2cc(C)sc12. The summed E-state index contributed by atoms with van der Waals surface area (Å²) in [6, 6.07) is 4.32. The molecule has 6 aromatic rings. The number of hydrogen-bond acceptors (Lipinski definition) is 9. The fourth-order valence-electron chi connectivity index (χ4n) is 5.18. The van der Waals surface area contributed by atoms with Crippen LogP contribution in [0.25, 0.3) is 40.0 Å². The van der Waals surface area contributed by atoms with E-state index in [0.717, 1.165) is 62.0 Å². The minimum atomic E-state index is -0.0230. The van der Waals surface area contributed by atoms with E-state index in [1.165, 1.54) is 27.6 Å². The van der Waals surface area contributed by atoms with E-state index in [0.29, 0.717) is 20.9 Å². The molecule has 0 bridgehead atoms. The van der Waals surface area contributed by atoms with Crippen LogP contribution in [0.4, 0.5) is 0 Å². The highest BCUT2D eigenvalue weighted by Gasteiger charge is 2.37. The predicted octanol–water partition coefficient (Wildman–Crippen LogP) is 8.84. The van der Waals surface area contributed by atoms with Crippen LogP contribution in [-0.2, 0) is 0 Å². The van der Waals surface area contributed by atoms with Gasteiger partial charge in [0, 0.05) is 36.4 Å². The monoisotopic (exact) mass is 566 g/mol. The Morgan fingerprint density at radius 2 is 1.36 bits per heavy atom. The molecule has 0 spiro atoms. The smallest absolute Gasteiger partial charge is 0.205 e. The highest BCUT2D eigenvalue weighted by molar-refractivity contribution is 7.32. The molecule has 1 aliphatic rings. The highest BCUT2D eigenvalue weighted by Crippen LogP contribution is 2.55. The number of fused-ring (bicyclic) bond motifs is 6. The Hall–Kier alpha value is -2.56. The average molecular weight is 567 g/mol. The second kappa shape index (κ2) is 7.72. The van der Waals surface area contributed by atoms with E-state index in [4.69, 9.17) is 9.47 Å². The molecule has 1 aliphatic carbocycles. The minimum Gasteiger partial charge on any atom is -0.495 e. The van der Waals surface area contributed by atoms with E-state index in [9.17, 15) is 9.59 Å². The zero-order chi connectivity index (χ0) is 25.0. The molecule has 0 amide bonds. The van der Waals surface area contributed by atoms with Gasteiger partial charge in [0.05, 0.1) is 48.5 Å².